The molecule has 2 heterocycles. The molecule has 1 saturated heterocycles. The minimum Gasteiger partial charge on any atom is -0.399 e. The molecule has 16 heavy (non-hydrogen) atoms. The van der Waals surface area contributed by atoms with E-state index >= 15 is 0 Å². The van der Waals surface area contributed by atoms with Crippen molar-refractivity contribution in [1.29, 1.82) is 0 Å². The molecule has 4 nitrogen and oxygen atoms in total. The van der Waals surface area contributed by atoms with Gasteiger partial charge in [0.15, 0.2) is 0 Å². The molecule has 4 heteroatoms. The lowest BCUT2D eigenvalue weighted by Gasteiger charge is -2.30. The largest absolute Gasteiger partial charge is 0.399 e. The van der Waals surface area contributed by atoms with Gasteiger partial charge in [0.1, 0.15) is 5.69 Å². The van der Waals surface area contributed by atoms with E-state index in [4.69, 9.17) is 5.73 Å². The summed E-state index contributed by atoms with van der Waals surface area (Å²) in [6.45, 7) is 3.83. The van der Waals surface area contributed by atoms with Crippen LogP contribution in [0.25, 0.3) is 0 Å². The SMILES string of the molecule is CC1CCCN(C(=O)c2cc(N)ccn2)C1. The fourth-order valence-corrected chi connectivity index (χ4v) is 2.10. The van der Waals surface area contributed by atoms with Gasteiger partial charge in [-0.3, -0.25) is 9.78 Å². The molecule has 1 atom stereocenters. The third kappa shape index (κ3) is 2.32. The summed E-state index contributed by atoms with van der Waals surface area (Å²) in [5.74, 6) is 0.581. The fraction of sp³-hybridized carbons (Fsp3) is 0.500. The maximum absolute atomic E-state index is 12.1. The van der Waals surface area contributed by atoms with Crippen LogP contribution in [0.3, 0.4) is 0 Å². The minimum atomic E-state index is -0.00106. The van der Waals surface area contributed by atoms with Crippen LogP contribution in [-0.4, -0.2) is 28.9 Å². The molecule has 0 spiro atoms. The Morgan fingerprint density at radius 1 is 1.62 bits per heavy atom. The predicted molar refractivity (Wildman–Crippen MR) is 63.0 cm³/mol. The van der Waals surface area contributed by atoms with E-state index in [0.29, 0.717) is 17.3 Å². The van der Waals surface area contributed by atoms with Gasteiger partial charge >= 0.3 is 0 Å². The Morgan fingerprint density at radius 2 is 2.44 bits per heavy atom. The Labute approximate surface area is 95.5 Å². The highest BCUT2D eigenvalue weighted by Gasteiger charge is 2.22. The van der Waals surface area contributed by atoms with Crippen LogP contribution in [0.15, 0.2) is 18.3 Å². The Kier molecular flexibility index (Phi) is 3.08. The van der Waals surface area contributed by atoms with E-state index in [9.17, 15) is 4.79 Å². The Hall–Kier alpha value is -1.58. The highest BCUT2D eigenvalue weighted by Crippen LogP contribution is 2.17. The van der Waals surface area contributed by atoms with E-state index in [1.165, 1.54) is 6.42 Å². The van der Waals surface area contributed by atoms with Crippen molar-refractivity contribution in [3.8, 4) is 0 Å². The Bertz CT molecular complexity index is 392. The van der Waals surface area contributed by atoms with E-state index < -0.39 is 0 Å². The zero-order chi connectivity index (χ0) is 11.5. The number of carbonyl (C=O) groups excluding carboxylic acids is 1. The number of amides is 1. The van der Waals surface area contributed by atoms with Crippen molar-refractivity contribution < 1.29 is 4.79 Å². The lowest BCUT2D eigenvalue weighted by atomic mass is 10.00. The molecule has 0 aromatic carbocycles. The first-order valence-electron chi connectivity index (χ1n) is 5.67. The summed E-state index contributed by atoms with van der Waals surface area (Å²) in [6.07, 6.45) is 3.86. The summed E-state index contributed by atoms with van der Waals surface area (Å²) in [4.78, 5) is 18.0. The average Bonchev–Trinajstić information content (AvgIpc) is 2.28. The van der Waals surface area contributed by atoms with E-state index in [1.54, 1.807) is 18.3 Å². The average molecular weight is 219 g/mol. The third-order valence-electron chi connectivity index (χ3n) is 2.95. The molecular weight excluding hydrogens is 202 g/mol. The number of nitrogen functional groups attached to an aromatic ring is 1. The first-order valence-corrected chi connectivity index (χ1v) is 5.67. The second-order valence-electron chi connectivity index (χ2n) is 4.47. The van der Waals surface area contributed by atoms with Crippen LogP contribution >= 0.6 is 0 Å². The lowest BCUT2D eigenvalue weighted by Crippen LogP contribution is -2.39. The monoisotopic (exact) mass is 219 g/mol. The van der Waals surface area contributed by atoms with Gasteiger partial charge in [-0.15, -0.1) is 0 Å². The van der Waals surface area contributed by atoms with Crippen LogP contribution in [0.4, 0.5) is 5.69 Å². The molecular formula is C12H17N3O. The van der Waals surface area contributed by atoms with Gasteiger partial charge < -0.3 is 10.6 Å². The number of anilines is 1. The standard InChI is InChI=1S/C12H17N3O/c1-9-3-2-6-15(8-9)12(16)11-7-10(13)4-5-14-11/h4-5,7,9H,2-3,6,8H2,1H3,(H2,13,14). The Morgan fingerprint density at radius 3 is 3.12 bits per heavy atom. The molecule has 0 radical (unpaired) electrons. The maximum atomic E-state index is 12.1. The number of hydrogen-bond donors (Lipinski definition) is 1. The first-order chi connectivity index (χ1) is 7.66. The fourth-order valence-electron chi connectivity index (χ4n) is 2.10. The van der Waals surface area contributed by atoms with Crippen molar-refractivity contribution in [3.63, 3.8) is 0 Å². The van der Waals surface area contributed by atoms with Crippen molar-refractivity contribution in [2.24, 2.45) is 5.92 Å². The van der Waals surface area contributed by atoms with Crippen LogP contribution in [0.5, 0.6) is 0 Å². The second-order valence-corrected chi connectivity index (χ2v) is 4.47. The summed E-state index contributed by atoms with van der Waals surface area (Å²) in [6, 6.07) is 3.33. The zero-order valence-electron chi connectivity index (χ0n) is 9.52. The van der Waals surface area contributed by atoms with E-state index in [1.807, 2.05) is 4.90 Å². The van der Waals surface area contributed by atoms with Crippen LogP contribution in [0.2, 0.25) is 0 Å². The van der Waals surface area contributed by atoms with Gasteiger partial charge in [0.05, 0.1) is 0 Å². The molecule has 86 valence electrons. The van der Waals surface area contributed by atoms with Crippen molar-refractivity contribution >= 4 is 11.6 Å². The summed E-state index contributed by atoms with van der Waals surface area (Å²) in [5.41, 5.74) is 6.68. The molecule has 1 unspecified atom stereocenters. The van der Waals surface area contributed by atoms with E-state index in [0.717, 1.165) is 19.5 Å². The first kappa shape index (κ1) is 10.9. The molecule has 2 N–H and O–H groups in total. The highest BCUT2D eigenvalue weighted by molar-refractivity contribution is 5.93. The number of pyridine rings is 1. The molecule has 1 aromatic rings. The lowest BCUT2D eigenvalue weighted by molar-refractivity contribution is 0.0677. The Balaban J connectivity index is 2.12. The van der Waals surface area contributed by atoms with Crippen LogP contribution in [0, 0.1) is 5.92 Å². The number of piperidine rings is 1. The number of nitrogens with zero attached hydrogens (tertiary/aromatic N) is 2. The number of hydrogen-bond acceptors (Lipinski definition) is 3. The summed E-state index contributed by atoms with van der Waals surface area (Å²) in [5, 5.41) is 0. The van der Waals surface area contributed by atoms with Crippen molar-refractivity contribution in [3.05, 3.63) is 24.0 Å². The molecule has 1 aromatic heterocycles. The van der Waals surface area contributed by atoms with Gasteiger partial charge in [-0.1, -0.05) is 6.92 Å². The minimum absolute atomic E-state index is 0.00106. The number of likely N-dealkylation sites (tertiary alicyclic amines) is 1. The van der Waals surface area contributed by atoms with Crippen molar-refractivity contribution in [2.75, 3.05) is 18.8 Å². The van der Waals surface area contributed by atoms with Crippen LogP contribution < -0.4 is 5.73 Å². The van der Waals surface area contributed by atoms with Gasteiger partial charge in [0.25, 0.3) is 5.91 Å². The summed E-state index contributed by atoms with van der Waals surface area (Å²) in [7, 11) is 0. The number of aromatic nitrogens is 1. The molecule has 0 aliphatic carbocycles. The van der Waals surface area contributed by atoms with Crippen molar-refractivity contribution in [1.82, 2.24) is 9.88 Å². The topological polar surface area (TPSA) is 59.2 Å². The molecule has 2 rings (SSSR count). The maximum Gasteiger partial charge on any atom is 0.272 e. The molecule has 1 fully saturated rings. The van der Waals surface area contributed by atoms with E-state index in [-0.39, 0.29) is 5.91 Å². The summed E-state index contributed by atoms with van der Waals surface area (Å²) >= 11 is 0. The van der Waals surface area contributed by atoms with Gasteiger partial charge in [0.2, 0.25) is 0 Å². The van der Waals surface area contributed by atoms with Crippen LogP contribution in [0.1, 0.15) is 30.3 Å². The zero-order valence-corrected chi connectivity index (χ0v) is 9.52. The number of carbonyl (C=O) groups is 1. The van der Waals surface area contributed by atoms with Crippen LogP contribution in [-0.2, 0) is 0 Å². The molecule has 1 aliphatic rings. The van der Waals surface area contributed by atoms with E-state index in [2.05, 4.69) is 11.9 Å². The van der Waals surface area contributed by atoms with Gasteiger partial charge in [-0.25, -0.2) is 0 Å². The van der Waals surface area contributed by atoms with Gasteiger partial charge in [-0.2, -0.15) is 0 Å². The van der Waals surface area contributed by atoms with Crippen molar-refractivity contribution in [2.45, 2.75) is 19.8 Å². The third-order valence-corrected chi connectivity index (χ3v) is 2.95. The van der Waals surface area contributed by atoms with Gasteiger partial charge in [0, 0.05) is 25.0 Å². The number of nitrogens with two attached hydrogens (primary N) is 1. The molecule has 0 saturated carbocycles. The van der Waals surface area contributed by atoms with Gasteiger partial charge in [-0.05, 0) is 30.9 Å². The second kappa shape index (κ2) is 4.51. The summed E-state index contributed by atoms with van der Waals surface area (Å²) < 4.78 is 0. The predicted octanol–water partition coefficient (Wildman–Crippen LogP) is 1.54. The molecule has 1 aliphatic heterocycles. The molecule has 0 bridgehead atoms. The smallest absolute Gasteiger partial charge is 0.272 e. The number of rotatable bonds is 1. The molecule has 1 amide bonds. The quantitative estimate of drug-likeness (QED) is 0.779. The highest BCUT2D eigenvalue weighted by atomic mass is 16.2. The normalized spacial score (nSPS) is 20.8.